The van der Waals surface area contributed by atoms with Gasteiger partial charge in [0.1, 0.15) is 29.9 Å². The molecular formula is C31H22F2N2O5S. The van der Waals surface area contributed by atoms with Gasteiger partial charge in [-0.2, -0.15) is 0 Å². The standard InChI is InChI=1S/C31H22F2N2O5S/c32-21-8-6-19(7-9-21)16-35-27-13-10-22(33)14-24(27)30(36)29(31(35)37)26-18-41(38,39)28-15-23(11-12-25(28)34-26)40-17-20-4-2-1-3-5-20/h1-15,18,29,34H,16-17H2. The number of Topliss-reactive ketones (excluding diaryl/α,β-unsaturated/α-hetero) is 1. The second-order valence-corrected chi connectivity index (χ2v) is 11.5. The van der Waals surface area contributed by atoms with E-state index in [-0.39, 0.29) is 40.7 Å². The third-order valence-corrected chi connectivity index (χ3v) is 8.44. The van der Waals surface area contributed by atoms with Crippen molar-refractivity contribution in [2.75, 3.05) is 10.2 Å². The predicted molar refractivity (Wildman–Crippen MR) is 148 cm³/mol. The van der Waals surface area contributed by atoms with Gasteiger partial charge in [-0.1, -0.05) is 42.5 Å². The number of hydrogen-bond acceptors (Lipinski definition) is 6. The van der Waals surface area contributed by atoms with Gasteiger partial charge in [-0.25, -0.2) is 17.2 Å². The van der Waals surface area contributed by atoms with Crippen LogP contribution in [0.1, 0.15) is 21.5 Å². The van der Waals surface area contributed by atoms with Crippen LogP contribution in [0.3, 0.4) is 0 Å². The number of amides is 1. The maximum Gasteiger partial charge on any atom is 0.244 e. The molecule has 0 fully saturated rings. The number of ketones is 1. The first-order valence-corrected chi connectivity index (χ1v) is 14.2. The van der Waals surface area contributed by atoms with Crippen LogP contribution in [0.5, 0.6) is 5.75 Å². The van der Waals surface area contributed by atoms with Gasteiger partial charge in [-0.15, -0.1) is 0 Å². The molecular weight excluding hydrogens is 550 g/mol. The summed E-state index contributed by atoms with van der Waals surface area (Å²) in [4.78, 5) is 28.6. The van der Waals surface area contributed by atoms with Gasteiger partial charge in [0, 0.05) is 17.3 Å². The van der Waals surface area contributed by atoms with E-state index in [2.05, 4.69) is 5.32 Å². The first kappa shape index (κ1) is 26.4. The molecule has 2 aliphatic rings. The molecule has 2 aliphatic heterocycles. The van der Waals surface area contributed by atoms with Gasteiger partial charge < -0.3 is 15.0 Å². The number of anilines is 2. The predicted octanol–water partition coefficient (Wildman–Crippen LogP) is 5.63. The molecule has 1 amide bonds. The molecule has 0 bridgehead atoms. The van der Waals surface area contributed by atoms with E-state index in [1.807, 2.05) is 30.3 Å². The van der Waals surface area contributed by atoms with Gasteiger partial charge in [0.25, 0.3) is 0 Å². The third-order valence-electron chi connectivity index (χ3n) is 6.92. The summed E-state index contributed by atoms with van der Waals surface area (Å²) in [6.45, 7) is 0.194. The molecule has 206 valence electrons. The first-order valence-electron chi connectivity index (χ1n) is 12.6. The van der Waals surface area contributed by atoms with Gasteiger partial charge in [0.15, 0.2) is 5.78 Å². The average molecular weight is 573 g/mol. The number of fused-ring (bicyclic) bond motifs is 2. The smallest absolute Gasteiger partial charge is 0.244 e. The van der Waals surface area contributed by atoms with Crippen molar-refractivity contribution in [3.8, 4) is 5.75 Å². The van der Waals surface area contributed by atoms with Crippen molar-refractivity contribution in [3.63, 3.8) is 0 Å². The van der Waals surface area contributed by atoms with Crippen LogP contribution in [0.2, 0.25) is 0 Å². The number of nitrogens with one attached hydrogen (secondary N) is 1. The fourth-order valence-corrected chi connectivity index (χ4v) is 6.28. The molecule has 6 rings (SSSR count). The number of halogens is 2. The number of sulfone groups is 1. The largest absolute Gasteiger partial charge is 0.489 e. The monoisotopic (exact) mass is 572 g/mol. The minimum absolute atomic E-state index is 0.0414. The van der Waals surface area contributed by atoms with Crippen molar-refractivity contribution in [3.05, 3.63) is 130 Å². The number of hydrogen-bond donors (Lipinski definition) is 1. The van der Waals surface area contributed by atoms with Crippen LogP contribution in [-0.2, 0) is 27.8 Å². The highest BCUT2D eigenvalue weighted by atomic mass is 32.2. The summed E-state index contributed by atoms with van der Waals surface area (Å²) in [7, 11) is -4.10. The van der Waals surface area contributed by atoms with Crippen LogP contribution in [-0.4, -0.2) is 20.1 Å². The quantitative estimate of drug-likeness (QED) is 0.301. The van der Waals surface area contributed by atoms with E-state index in [0.29, 0.717) is 11.3 Å². The summed E-state index contributed by atoms with van der Waals surface area (Å²) in [5.41, 5.74) is 1.61. The van der Waals surface area contributed by atoms with E-state index in [4.69, 9.17) is 4.74 Å². The zero-order valence-electron chi connectivity index (χ0n) is 21.4. The number of carbonyl (C=O) groups is 2. The normalized spacial score (nSPS) is 17.3. The molecule has 4 aromatic carbocycles. The summed E-state index contributed by atoms with van der Waals surface area (Å²) >= 11 is 0. The van der Waals surface area contributed by atoms with Gasteiger partial charge in [0.05, 0.1) is 28.2 Å². The Balaban J connectivity index is 1.33. The van der Waals surface area contributed by atoms with Crippen LogP contribution in [0.4, 0.5) is 20.2 Å². The van der Waals surface area contributed by atoms with E-state index < -0.39 is 39.1 Å². The summed E-state index contributed by atoms with van der Waals surface area (Å²) in [6.07, 6.45) is 0. The highest BCUT2D eigenvalue weighted by Crippen LogP contribution is 2.40. The Labute approximate surface area is 234 Å². The molecule has 1 N–H and O–H groups in total. The lowest BCUT2D eigenvalue weighted by Gasteiger charge is -2.35. The number of rotatable bonds is 6. The van der Waals surface area contributed by atoms with Gasteiger partial charge in [0.2, 0.25) is 15.7 Å². The summed E-state index contributed by atoms with van der Waals surface area (Å²) in [5.74, 6) is -3.81. The van der Waals surface area contributed by atoms with Crippen LogP contribution in [0, 0.1) is 17.6 Å². The molecule has 1 unspecified atom stereocenters. The van der Waals surface area contributed by atoms with E-state index >= 15 is 0 Å². The van der Waals surface area contributed by atoms with E-state index in [1.165, 1.54) is 47.4 Å². The van der Waals surface area contributed by atoms with Gasteiger partial charge >= 0.3 is 0 Å². The molecule has 10 heteroatoms. The number of carbonyl (C=O) groups excluding carboxylic acids is 2. The Morgan fingerprint density at radius 2 is 1.56 bits per heavy atom. The van der Waals surface area contributed by atoms with Crippen molar-refractivity contribution in [1.29, 1.82) is 0 Å². The van der Waals surface area contributed by atoms with Gasteiger partial charge in [-0.05, 0) is 53.6 Å². The lowest BCUT2D eigenvalue weighted by molar-refractivity contribution is -0.120. The fourth-order valence-electron chi connectivity index (χ4n) is 4.92. The lowest BCUT2D eigenvalue weighted by atomic mass is 9.87. The fraction of sp³-hybridized carbons (Fsp3) is 0.0968. The van der Waals surface area contributed by atoms with Crippen molar-refractivity contribution in [1.82, 2.24) is 0 Å². The van der Waals surface area contributed by atoms with E-state index in [9.17, 15) is 26.8 Å². The molecule has 41 heavy (non-hydrogen) atoms. The molecule has 0 saturated carbocycles. The second kappa shape index (κ2) is 10.3. The Bertz CT molecular complexity index is 1820. The highest BCUT2D eigenvalue weighted by molar-refractivity contribution is 7.94. The molecule has 0 aromatic heterocycles. The first-order chi connectivity index (χ1) is 19.7. The number of ether oxygens (including phenoxy) is 1. The zero-order valence-corrected chi connectivity index (χ0v) is 22.2. The molecule has 7 nitrogen and oxygen atoms in total. The van der Waals surface area contributed by atoms with Crippen molar-refractivity contribution >= 4 is 32.9 Å². The summed E-state index contributed by atoms with van der Waals surface area (Å²) in [5, 5.41) is 3.79. The zero-order chi connectivity index (χ0) is 28.7. The molecule has 2 heterocycles. The molecule has 4 aromatic rings. The number of benzene rings is 4. The SMILES string of the molecule is O=C1c2cc(F)ccc2N(Cc2ccc(F)cc2)C(=O)C1C1=CS(=O)(=O)c2cc(OCc3ccccc3)ccc2N1. The van der Waals surface area contributed by atoms with Crippen LogP contribution >= 0.6 is 0 Å². The van der Waals surface area contributed by atoms with Crippen molar-refractivity contribution in [2.45, 2.75) is 18.0 Å². The molecule has 0 saturated heterocycles. The van der Waals surface area contributed by atoms with Crippen LogP contribution in [0.15, 0.2) is 107 Å². The van der Waals surface area contributed by atoms with Crippen LogP contribution in [0.25, 0.3) is 0 Å². The molecule has 0 aliphatic carbocycles. The summed E-state index contributed by atoms with van der Waals surface area (Å²) < 4.78 is 60.2. The van der Waals surface area contributed by atoms with Crippen molar-refractivity contribution in [2.24, 2.45) is 5.92 Å². The molecule has 0 radical (unpaired) electrons. The minimum atomic E-state index is -4.10. The van der Waals surface area contributed by atoms with Gasteiger partial charge in [-0.3, -0.25) is 9.59 Å². The Kier molecular flexibility index (Phi) is 6.63. The molecule has 1 atom stereocenters. The highest BCUT2D eigenvalue weighted by Gasteiger charge is 2.44. The Morgan fingerprint density at radius 1 is 0.829 bits per heavy atom. The second-order valence-electron chi connectivity index (χ2n) is 9.69. The average Bonchev–Trinajstić information content (AvgIpc) is 2.96. The minimum Gasteiger partial charge on any atom is -0.489 e. The van der Waals surface area contributed by atoms with E-state index in [1.54, 1.807) is 6.07 Å². The Hall–Kier alpha value is -4.83. The van der Waals surface area contributed by atoms with Crippen molar-refractivity contribution < 1.29 is 31.5 Å². The van der Waals surface area contributed by atoms with Crippen LogP contribution < -0.4 is 15.0 Å². The molecule has 0 spiro atoms. The number of nitrogens with zero attached hydrogens (tertiary/aromatic N) is 1. The third kappa shape index (κ3) is 5.09. The van der Waals surface area contributed by atoms with E-state index in [0.717, 1.165) is 23.1 Å². The maximum absolute atomic E-state index is 14.2. The maximum atomic E-state index is 14.2. The lowest BCUT2D eigenvalue weighted by Crippen LogP contribution is -2.46. The Morgan fingerprint density at radius 3 is 2.32 bits per heavy atom. The summed E-state index contributed by atoms with van der Waals surface area (Å²) in [6, 6.07) is 22.8. The topological polar surface area (TPSA) is 92.8 Å².